The van der Waals surface area contributed by atoms with Crippen molar-refractivity contribution in [1.29, 1.82) is 0 Å². The Bertz CT molecular complexity index is 1920. The van der Waals surface area contributed by atoms with E-state index in [1.165, 1.54) is 30.2 Å². The van der Waals surface area contributed by atoms with Crippen LogP contribution in [0.2, 0.25) is 0 Å². The van der Waals surface area contributed by atoms with Gasteiger partial charge in [-0.2, -0.15) is 26.3 Å². The minimum absolute atomic E-state index is 0. The predicted octanol–water partition coefficient (Wildman–Crippen LogP) is 9.68. The average Bonchev–Trinajstić information content (AvgIpc) is 3.72. The fourth-order valence-electron chi connectivity index (χ4n) is 6.79. The molecular weight excluding hydrogens is 670 g/mol. The highest BCUT2D eigenvalue weighted by Crippen LogP contribution is 2.44. The lowest BCUT2D eigenvalue weighted by molar-refractivity contribution is -0.138. The smallest absolute Gasteiger partial charge is 0.416 e. The summed E-state index contributed by atoms with van der Waals surface area (Å²) >= 11 is 0. The number of nitrogens with one attached hydrogen (secondary N) is 1. The fraction of sp³-hybridized carbons (Fsp3) is 0.351. The summed E-state index contributed by atoms with van der Waals surface area (Å²) in [4.78, 5) is 2.22. The van der Waals surface area contributed by atoms with E-state index >= 15 is 0 Å². The van der Waals surface area contributed by atoms with E-state index in [1.54, 1.807) is 6.07 Å². The molecule has 1 saturated heterocycles. The predicted molar refractivity (Wildman–Crippen MR) is 179 cm³/mol. The normalized spacial score (nSPS) is 21.9. The van der Waals surface area contributed by atoms with Gasteiger partial charge in [-0.05, 0) is 59.9 Å². The molecule has 0 aliphatic carbocycles. The lowest BCUT2D eigenvalue weighted by atomic mass is 9.76. The summed E-state index contributed by atoms with van der Waals surface area (Å²) in [6.07, 6.45) is -3.75. The first-order valence-electron chi connectivity index (χ1n) is 15.8. The quantitative estimate of drug-likeness (QED) is 0.182. The van der Waals surface area contributed by atoms with Gasteiger partial charge in [0.05, 0.1) is 29.3 Å². The van der Waals surface area contributed by atoms with E-state index in [0.29, 0.717) is 53.6 Å². The van der Waals surface area contributed by atoms with Crippen LogP contribution in [0.1, 0.15) is 48.1 Å². The van der Waals surface area contributed by atoms with Gasteiger partial charge >= 0.3 is 12.4 Å². The standard InChI is InChI=1S/C22H22F3NO2.C15H14F3NO.ClH/c1-15-13-26(14-16-5-3-2-4-6-16)9-8-21(15,27)19-12-18(22(23,24)25)11-17-7-10-28-20(17)19;1-9-8-19-4-2-12(9)13-7-11(15(16,17)18)6-10-3-5-20-14(10)13;/h2-7,10-12,15,27H,8-9,13-14H2,1H3;2-3,5-7,9,19H,4,8H2,1H3;1H. The summed E-state index contributed by atoms with van der Waals surface area (Å²) in [5, 5.41) is 15.5. The van der Waals surface area contributed by atoms with Crippen molar-refractivity contribution in [1.82, 2.24) is 10.2 Å². The zero-order chi connectivity index (χ0) is 34.3. The van der Waals surface area contributed by atoms with E-state index < -0.39 is 29.1 Å². The molecule has 5 aromatic rings. The number of hydrogen-bond donors (Lipinski definition) is 2. The van der Waals surface area contributed by atoms with E-state index in [4.69, 9.17) is 8.83 Å². The van der Waals surface area contributed by atoms with E-state index in [-0.39, 0.29) is 29.8 Å². The van der Waals surface area contributed by atoms with Crippen LogP contribution < -0.4 is 5.32 Å². The topological polar surface area (TPSA) is 61.8 Å². The van der Waals surface area contributed by atoms with Gasteiger partial charge in [0, 0.05) is 60.5 Å². The van der Waals surface area contributed by atoms with Crippen LogP contribution in [0.25, 0.3) is 27.5 Å². The first-order valence-corrected chi connectivity index (χ1v) is 15.8. The zero-order valence-corrected chi connectivity index (χ0v) is 27.7. The molecule has 5 nitrogen and oxygen atoms in total. The van der Waals surface area contributed by atoms with Gasteiger partial charge in [0.2, 0.25) is 0 Å². The lowest BCUT2D eigenvalue weighted by Crippen LogP contribution is -2.48. The number of fused-ring (bicyclic) bond motifs is 2. The molecule has 0 saturated carbocycles. The Kier molecular flexibility index (Phi) is 10.6. The molecule has 4 heterocycles. The molecule has 2 aliphatic heterocycles. The molecule has 1 fully saturated rings. The Labute approximate surface area is 286 Å². The molecule has 49 heavy (non-hydrogen) atoms. The van der Waals surface area contributed by atoms with Gasteiger partial charge in [0.25, 0.3) is 0 Å². The molecular formula is C37H37ClF6N2O3. The molecule has 0 radical (unpaired) electrons. The summed E-state index contributed by atoms with van der Waals surface area (Å²) in [6, 6.07) is 17.5. The third-order valence-corrected chi connectivity index (χ3v) is 9.39. The Morgan fingerprint density at radius 1 is 0.857 bits per heavy atom. The molecule has 3 atom stereocenters. The molecule has 0 spiro atoms. The van der Waals surface area contributed by atoms with Crippen LogP contribution in [0.5, 0.6) is 0 Å². The highest BCUT2D eigenvalue weighted by Gasteiger charge is 2.44. The average molecular weight is 707 g/mol. The number of alkyl halides is 6. The second kappa shape index (κ2) is 14.2. The molecule has 7 rings (SSSR count). The number of likely N-dealkylation sites (tertiary alicyclic amines) is 1. The Morgan fingerprint density at radius 3 is 2.08 bits per heavy atom. The van der Waals surface area contributed by atoms with Crippen LogP contribution in [0.4, 0.5) is 26.3 Å². The summed E-state index contributed by atoms with van der Waals surface area (Å²) in [6.45, 7) is 7.22. The fourth-order valence-corrected chi connectivity index (χ4v) is 6.79. The number of rotatable bonds is 4. The number of halogens is 7. The van der Waals surface area contributed by atoms with Crippen LogP contribution in [0.15, 0.2) is 94.2 Å². The second-order valence-corrected chi connectivity index (χ2v) is 12.7. The first-order chi connectivity index (χ1) is 22.7. The lowest BCUT2D eigenvalue weighted by Gasteiger charge is -2.43. The number of furan rings is 2. The molecule has 12 heteroatoms. The van der Waals surface area contributed by atoms with Gasteiger partial charge in [-0.1, -0.05) is 50.3 Å². The van der Waals surface area contributed by atoms with Crippen molar-refractivity contribution >= 4 is 39.9 Å². The number of benzene rings is 3. The number of hydrogen-bond acceptors (Lipinski definition) is 5. The third-order valence-electron chi connectivity index (χ3n) is 9.39. The zero-order valence-electron chi connectivity index (χ0n) is 26.9. The van der Waals surface area contributed by atoms with Gasteiger partial charge in [-0.15, -0.1) is 12.4 Å². The van der Waals surface area contributed by atoms with Gasteiger partial charge in [0.1, 0.15) is 11.2 Å². The molecule has 3 unspecified atom stereocenters. The Hall–Kier alpha value is -3.77. The van der Waals surface area contributed by atoms with E-state index in [2.05, 4.69) is 10.2 Å². The molecule has 0 amide bonds. The minimum Gasteiger partial charge on any atom is -0.464 e. The molecule has 2 aliphatic rings. The van der Waals surface area contributed by atoms with Gasteiger partial charge in [0.15, 0.2) is 0 Å². The van der Waals surface area contributed by atoms with Crippen molar-refractivity contribution in [3.63, 3.8) is 0 Å². The maximum Gasteiger partial charge on any atom is 0.416 e. The van der Waals surface area contributed by atoms with Crippen LogP contribution in [-0.4, -0.2) is 36.2 Å². The number of piperidine rings is 1. The molecule has 0 bridgehead atoms. The van der Waals surface area contributed by atoms with Crippen LogP contribution in [0, 0.1) is 11.8 Å². The highest BCUT2D eigenvalue weighted by atomic mass is 35.5. The summed E-state index contributed by atoms with van der Waals surface area (Å²) < 4.78 is 90.0. The van der Waals surface area contributed by atoms with E-state index in [1.807, 2.05) is 50.3 Å². The van der Waals surface area contributed by atoms with Crippen molar-refractivity contribution in [2.75, 3.05) is 26.2 Å². The van der Waals surface area contributed by atoms with Crippen LogP contribution >= 0.6 is 12.4 Å². The Morgan fingerprint density at radius 2 is 1.47 bits per heavy atom. The Balaban J connectivity index is 0.000000197. The van der Waals surface area contributed by atoms with Crippen molar-refractivity contribution in [3.8, 4) is 0 Å². The molecule has 262 valence electrons. The van der Waals surface area contributed by atoms with Crippen molar-refractivity contribution < 1.29 is 40.3 Å². The molecule has 2 aromatic heterocycles. The molecule has 2 N–H and O–H groups in total. The minimum atomic E-state index is -4.48. The SMILES string of the molecule is CC1CN(Cc2ccccc2)CCC1(O)c1cc(C(F)(F)F)cc2ccoc12.CC1CNCC=C1c1cc(C(F)(F)F)cc2ccoc12.Cl. The van der Waals surface area contributed by atoms with Crippen LogP contribution in [-0.2, 0) is 24.5 Å². The summed E-state index contributed by atoms with van der Waals surface area (Å²) in [5.74, 6) is -0.0951. The summed E-state index contributed by atoms with van der Waals surface area (Å²) in [5.41, 5.74) is 0.962. The second-order valence-electron chi connectivity index (χ2n) is 12.7. The number of nitrogens with zero attached hydrogens (tertiary/aromatic N) is 1. The highest BCUT2D eigenvalue weighted by molar-refractivity contribution is 5.91. The van der Waals surface area contributed by atoms with Gasteiger partial charge in [-0.3, -0.25) is 4.90 Å². The largest absolute Gasteiger partial charge is 0.464 e. The molecule has 3 aromatic carbocycles. The van der Waals surface area contributed by atoms with Gasteiger partial charge in [-0.25, -0.2) is 0 Å². The monoisotopic (exact) mass is 706 g/mol. The first kappa shape index (κ1) is 36.5. The van der Waals surface area contributed by atoms with Crippen molar-refractivity contribution in [3.05, 3.63) is 113 Å². The number of aliphatic hydroxyl groups is 1. The van der Waals surface area contributed by atoms with Crippen molar-refractivity contribution in [2.24, 2.45) is 11.8 Å². The third kappa shape index (κ3) is 7.70. The van der Waals surface area contributed by atoms with E-state index in [0.717, 1.165) is 36.9 Å². The summed E-state index contributed by atoms with van der Waals surface area (Å²) in [7, 11) is 0. The van der Waals surface area contributed by atoms with Crippen LogP contribution in [0.3, 0.4) is 0 Å². The van der Waals surface area contributed by atoms with Crippen molar-refractivity contribution in [2.45, 2.75) is 44.8 Å². The van der Waals surface area contributed by atoms with Gasteiger partial charge < -0.3 is 19.3 Å². The maximum absolute atomic E-state index is 13.4. The van der Waals surface area contributed by atoms with E-state index in [9.17, 15) is 31.4 Å². The maximum atomic E-state index is 13.4.